The highest BCUT2D eigenvalue weighted by atomic mass is 79.9. The van der Waals surface area contributed by atoms with E-state index in [-0.39, 0.29) is 5.15 Å². The standard InChI is InChI=1S/C11H9BrClN3OS/c1-16(3-8-2-7(12)5-18-8)11-9(4-17)10(13)14-6-15-11/h2,4-6H,3H2,1H3. The Morgan fingerprint density at radius 1 is 1.56 bits per heavy atom. The molecule has 18 heavy (non-hydrogen) atoms. The Morgan fingerprint density at radius 2 is 2.33 bits per heavy atom. The Morgan fingerprint density at radius 3 is 2.94 bits per heavy atom. The predicted molar refractivity (Wildman–Crippen MR) is 76.6 cm³/mol. The fourth-order valence-corrected chi connectivity index (χ4v) is 3.19. The van der Waals surface area contributed by atoms with Crippen molar-refractivity contribution in [3.05, 3.63) is 37.8 Å². The molecule has 0 fully saturated rings. The van der Waals surface area contributed by atoms with Gasteiger partial charge in [-0.05, 0) is 22.0 Å². The monoisotopic (exact) mass is 345 g/mol. The van der Waals surface area contributed by atoms with Crippen LogP contribution in [0.3, 0.4) is 0 Å². The van der Waals surface area contributed by atoms with Crippen LogP contribution in [0.1, 0.15) is 15.2 Å². The van der Waals surface area contributed by atoms with Crippen LogP contribution < -0.4 is 4.90 Å². The second kappa shape index (κ2) is 5.77. The van der Waals surface area contributed by atoms with Gasteiger partial charge in [-0.25, -0.2) is 9.97 Å². The summed E-state index contributed by atoms with van der Waals surface area (Å²) < 4.78 is 1.05. The normalized spacial score (nSPS) is 10.4. The second-order valence-corrected chi connectivity index (χ2v) is 5.88. The maximum Gasteiger partial charge on any atom is 0.156 e. The smallest absolute Gasteiger partial charge is 0.156 e. The van der Waals surface area contributed by atoms with Crippen molar-refractivity contribution in [1.29, 1.82) is 0 Å². The van der Waals surface area contributed by atoms with Gasteiger partial charge in [0.2, 0.25) is 0 Å². The van der Waals surface area contributed by atoms with E-state index in [9.17, 15) is 4.79 Å². The molecule has 0 spiro atoms. The molecule has 0 saturated carbocycles. The number of carbonyl (C=O) groups excluding carboxylic acids is 1. The molecule has 0 saturated heterocycles. The van der Waals surface area contributed by atoms with Gasteiger partial charge in [0.1, 0.15) is 17.3 Å². The van der Waals surface area contributed by atoms with Crippen LogP contribution in [0, 0.1) is 0 Å². The lowest BCUT2D eigenvalue weighted by molar-refractivity contribution is 0.112. The third-order valence-corrected chi connectivity index (χ3v) is 4.29. The van der Waals surface area contributed by atoms with Crippen molar-refractivity contribution in [2.75, 3.05) is 11.9 Å². The molecular formula is C11H9BrClN3OS. The van der Waals surface area contributed by atoms with Crippen LogP contribution in [0.15, 0.2) is 22.2 Å². The van der Waals surface area contributed by atoms with Crippen molar-refractivity contribution in [3.8, 4) is 0 Å². The van der Waals surface area contributed by atoms with E-state index >= 15 is 0 Å². The molecule has 0 amide bonds. The fraction of sp³-hybridized carbons (Fsp3) is 0.182. The Labute approximate surface area is 122 Å². The minimum atomic E-state index is 0.175. The summed E-state index contributed by atoms with van der Waals surface area (Å²) in [6.45, 7) is 0.657. The van der Waals surface area contributed by atoms with Crippen LogP contribution in [0.4, 0.5) is 5.82 Å². The molecule has 0 aromatic carbocycles. The molecule has 0 aliphatic carbocycles. The van der Waals surface area contributed by atoms with Gasteiger partial charge in [0, 0.05) is 21.8 Å². The van der Waals surface area contributed by atoms with E-state index in [0.29, 0.717) is 24.2 Å². The van der Waals surface area contributed by atoms with Crippen LogP contribution in [-0.2, 0) is 6.54 Å². The number of aromatic nitrogens is 2. The first-order valence-electron chi connectivity index (χ1n) is 5.01. The molecular weight excluding hydrogens is 338 g/mol. The Hall–Kier alpha value is -0.980. The Kier molecular flexibility index (Phi) is 4.31. The van der Waals surface area contributed by atoms with Gasteiger partial charge in [0.15, 0.2) is 6.29 Å². The van der Waals surface area contributed by atoms with Gasteiger partial charge < -0.3 is 4.90 Å². The van der Waals surface area contributed by atoms with E-state index < -0.39 is 0 Å². The van der Waals surface area contributed by atoms with Crippen molar-refractivity contribution in [1.82, 2.24) is 9.97 Å². The van der Waals surface area contributed by atoms with Gasteiger partial charge in [0.25, 0.3) is 0 Å². The van der Waals surface area contributed by atoms with Crippen LogP contribution in [0.5, 0.6) is 0 Å². The van der Waals surface area contributed by atoms with Crippen LogP contribution >= 0.6 is 38.9 Å². The van der Waals surface area contributed by atoms with Crippen molar-refractivity contribution in [3.63, 3.8) is 0 Å². The SMILES string of the molecule is CN(Cc1cc(Br)cs1)c1ncnc(Cl)c1C=O. The zero-order valence-electron chi connectivity index (χ0n) is 9.43. The first kappa shape index (κ1) is 13.5. The van der Waals surface area contributed by atoms with Gasteiger partial charge in [-0.3, -0.25) is 4.79 Å². The first-order chi connectivity index (χ1) is 8.61. The lowest BCUT2D eigenvalue weighted by Gasteiger charge is -2.18. The number of thiophene rings is 1. The van der Waals surface area contributed by atoms with Crippen molar-refractivity contribution >= 4 is 51.0 Å². The van der Waals surface area contributed by atoms with Crippen molar-refractivity contribution in [2.45, 2.75) is 6.54 Å². The number of nitrogens with zero attached hydrogens (tertiary/aromatic N) is 3. The van der Waals surface area contributed by atoms with Crippen molar-refractivity contribution in [2.24, 2.45) is 0 Å². The number of hydrogen-bond acceptors (Lipinski definition) is 5. The molecule has 0 bridgehead atoms. The van der Waals surface area contributed by atoms with E-state index in [2.05, 4.69) is 25.9 Å². The van der Waals surface area contributed by atoms with Gasteiger partial charge >= 0.3 is 0 Å². The van der Waals surface area contributed by atoms with E-state index in [0.717, 1.165) is 9.35 Å². The summed E-state index contributed by atoms with van der Waals surface area (Å²) >= 11 is 10.9. The summed E-state index contributed by atoms with van der Waals surface area (Å²) in [5.41, 5.74) is 0.317. The number of rotatable bonds is 4. The molecule has 2 rings (SSSR count). The molecule has 2 aromatic heterocycles. The molecule has 0 aliphatic rings. The quantitative estimate of drug-likeness (QED) is 0.629. The van der Waals surface area contributed by atoms with E-state index in [1.165, 1.54) is 6.33 Å². The zero-order chi connectivity index (χ0) is 13.1. The summed E-state index contributed by atoms with van der Waals surface area (Å²) in [7, 11) is 1.86. The van der Waals surface area contributed by atoms with E-state index in [1.807, 2.05) is 23.4 Å². The Bertz CT molecular complexity index is 575. The minimum Gasteiger partial charge on any atom is -0.354 e. The second-order valence-electron chi connectivity index (χ2n) is 3.61. The third kappa shape index (κ3) is 2.88. The summed E-state index contributed by atoms with van der Waals surface area (Å²) in [6.07, 6.45) is 2.03. The summed E-state index contributed by atoms with van der Waals surface area (Å²) in [4.78, 5) is 21.9. The van der Waals surface area contributed by atoms with E-state index in [4.69, 9.17) is 11.6 Å². The summed E-state index contributed by atoms with van der Waals surface area (Å²) in [5.74, 6) is 0.537. The number of carbonyl (C=O) groups is 1. The van der Waals surface area contributed by atoms with Gasteiger partial charge in [-0.15, -0.1) is 11.3 Å². The predicted octanol–water partition coefficient (Wildman–Crippen LogP) is 3.40. The highest BCUT2D eigenvalue weighted by Crippen LogP contribution is 2.25. The third-order valence-electron chi connectivity index (χ3n) is 2.31. The highest BCUT2D eigenvalue weighted by Gasteiger charge is 2.13. The minimum absolute atomic E-state index is 0.175. The topological polar surface area (TPSA) is 46.1 Å². The molecule has 7 heteroatoms. The lowest BCUT2D eigenvalue weighted by Crippen LogP contribution is -2.19. The largest absolute Gasteiger partial charge is 0.354 e. The number of halogens is 2. The molecule has 4 nitrogen and oxygen atoms in total. The maximum absolute atomic E-state index is 11.0. The van der Waals surface area contributed by atoms with Gasteiger partial charge in [-0.2, -0.15) is 0 Å². The van der Waals surface area contributed by atoms with Crippen LogP contribution in [0.25, 0.3) is 0 Å². The zero-order valence-corrected chi connectivity index (χ0v) is 12.6. The molecule has 0 radical (unpaired) electrons. The molecule has 2 aromatic rings. The average molecular weight is 347 g/mol. The van der Waals surface area contributed by atoms with Crippen LogP contribution in [-0.4, -0.2) is 23.3 Å². The maximum atomic E-state index is 11.0. The molecule has 2 heterocycles. The Balaban J connectivity index is 2.26. The van der Waals surface area contributed by atoms with Crippen LogP contribution in [0.2, 0.25) is 5.15 Å². The fourth-order valence-electron chi connectivity index (χ4n) is 1.52. The molecule has 0 unspecified atom stereocenters. The molecule has 0 atom stereocenters. The van der Waals surface area contributed by atoms with Gasteiger partial charge in [0.05, 0.1) is 12.1 Å². The highest BCUT2D eigenvalue weighted by molar-refractivity contribution is 9.10. The summed E-state index contributed by atoms with van der Waals surface area (Å²) in [6, 6.07) is 2.03. The average Bonchev–Trinajstić information content (AvgIpc) is 2.74. The number of anilines is 1. The summed E-state index contributed by atoms with van der Waals surface area (Å²) in [5, 5.41) is 2.19. The number of hydrogen-bond donors (Lipinski definition) is 0. The first-order valence-corrected chi connectivity index (χ1v) is 7.06. The van der Waals surface area contributed by atoms with Crippen molar-refractivity contribution < 1.29 is 4.79 Å². The molecule has 0 aliphatic heterocycles. The van der Waals surface area contributed by atoms with E-state index in [1.54, 1.807) is 11.3 Å². The number of aldehydes is 1. The van der Waals surface area contributed by atoms with Gasteiger partial charge in [-0.1, -0.05) is 11.6 Å². The lowest BCUT2D eigenvalue weighted by atomic mass is 10.3. The molecule has 94 valence electrons. The molecule has 0 N–H and O–H groups in total.